The van der Waals surface area contributed by atoms with Gasteiger partial charge in [0.15, 0.2) is 6.10 Å². The van der Waals surface area contributed by atoms with Crippen molar-refractivity contribution in [2.45, 2.75) is 51.6 Å². The molecule has 4 nitrogen and oxygen atoms in total. The summed E-state index contributed by atoms with van der Waals surface area (Å²) in [5, 5.41) is 0. The van der Waals surface area contributed by atoms with Gasteiger partial charge in [-0.2, -0.15) is 0 Å². The van der Waals surface area contributed by atoms with Gasteiger partial charge in [-0.15, -0.1) is 11.3 Å². The number of aryl methyl sites for hydroxylation is 2. The summed E-state index contributed by atoms with van der Waals surface area (Å²) in [5.74, 6) is -0.482. The van der Waals surface area contributed by atoms with E-state index in [1.165, 1.54) is 40.2 Å². The molecule has 0 N–H and O–H groups in total. The average molecular weight is 369 g/mol. The number of amides is 1. The van der Waals surface area contributed by atoms with Crippen LogP contribution in [0, 0.1) is 0 Å². The Morgan fingerprint density at radius 2 is 1.96 bits per heavy atom. The Morgan fingerprint density at radius 1 is 1.15 bits per heavy atom. The summed E-state index contributed by atoms with van der Waals surface area (Å²) in [6.07, 6.45) is 5.06. The maximum absolute atomic E-state index is 13.0. The number of carbonyl (C=O) groups is 2. The summed E-state index contributed by atoms with van der Waals surface area (Å²) < 4.78 is 5.63. The molecule has 0 saturated carbocycles. The highest BCUT2D eigenvalue weighted by Gasteiger charge is 2.32. The number of fused-ring (bicyclic) bond motifs is 2. The smallest absolute Gasteiger partial charge is 0.349 e. The topological polar surface area (TPSA) is 46.6 Å². The molecule has 5 heteroatoms. The van der Waals surface area contributed by atoms with Crippen LogP contribution in [0.25, 0.3) is 0 Å². The summed E-state index contributed by atoms with van der Waals surface area (Å²) >= 11 is 1.53. The summed E-state index contributed by atoms with van der Waals surface area (Å²) in [6.45, 7) is 2.54. The van der Waals surface area contributed by atoms with Crippen LogP contribution >= 0.6 is 11.3 Å². The molecule has 0 bridgehead atoms. The van der Waals surface area contributed by atoms with Crippen molar-refractivity contribution < 1.29 is 14.3 Å². The number of hydrogen-bond acceptors (Lipinski definition) is 4. The Labute approximate surface area is 157 Å². The number of anilines is 1. The predicted molar refractivity (Wildman–Crippen MR) is 103 cm³/mol. The van der Waals surface area contributed by atoms with Gasteiger partial charge in [0.2, 0.25) is 0 Å². The van der Waals surface area contributed by atoms with E-state index >= 15 is 0 Å². The number of thiophene rings is 1. The first-order chi connectivity index (χ1) is 12.7. The minimum Gasteiger partial charge on any atom is -0.448 e. The molecule has 1 amide bonds. The van der Waals surface area contributed by atoms with Crippen LogP contribution in [0.4, 0.5) is 5.69 Å². The Hall–Kier alpha value is -2.14. The van der Waals surface area contributed by atoms with E-state index < -0.39 is 6.10 Å². The number of para-hydroxylation sites is 1. The van der Waals surface area contributed by atoms with E-state index in [9.17, 15) is 9.59 Å². The molecule has 0 spiro atoms. The fraction of sp³-hybridized carbons (Fsp3) is 0.429. The molecule has 1 aliphatic heterocycles. The molecule has 26 heavy (non-hydrogen) atoms. The second-order valence-corrected chi connectivity index (χ2v) is 8.07. The first-order valence-corrected chi connectivity index (χ1v) is 10.2. The van der Waals surface area contributed by atoms with Crippen LogP contribution < -0.4 is 4.90 Å². The summed E-state index contributed by atoms with van der Waals surface area (Å²) in [4.78, 5) is 29.3. The molecule has 1 unspecified atom stereocenters. The van der Waals surface area contributed by atoms with E-state index in [4.69, 9.17) is 4.74 Å². The molecule has 0 radical (unpaired) electrons. The van der Waals surface area contributed by atoms with Crippen molar-refractivity contribution >= 4 is 28.9 Å². The van der Waals surface area contributed by atoms with Gasteiger partial charge in [-0.25, -0.2) is 4.79 Å². The highest BCUT2D eigenvalue weighted by molar-refractivity contribution is 7.14. The van der Waals surface area contributed by atoms with E-state index in [1.807, 2.05) is 37.3 Å². The van der Waals surface area contributed by atoms with Gasteiger partial charge in [-0.05, 0) is 61.8 Å². The molecular weight excluding hydrogens is 346 g/mol. The monoisotopic (exact) mass is 369 g/mol. The van der Waals surface area contributed by atoms with Gasteiger partial charge in [0.05, 0.1) is 0 Å². The standard InChI is InChI=1S/C21H23NO3S/c1-2-17(20(23)22-12-11-14-7-3-5-9-16(14)22)25-21(24)19-13-15-8-4-6-10-18(15)26-19/h3,5,7,9,13,17H,2,4,6,8,10-12H2,1H3. The van der Waals surface area contributed by atoms with Crippen molar-refractivity contribution in [3.8, 4) is 0 Å². The van der Waals surface area contributed by atoms with Crippen LogP contribution in [0.3, 0.4) is 0 Å². The third kappa shape index (κ3) is 3.16. The molecule has 2 aromatic rings. The Kier molecular flexibility index (Phi) is 4.81. The summed E-state index contributed by atoms with van der Waals surface area (Å²) in [7, 11) is 0. The molecule has 0 fully saturated rings. The molecule has 2 heterocycles. The van der Waals surface area contributed by atoms with E-state index in [0.29, 0.717) is 17.8 Å². The third-order valence-corrected chi connectivity index (χ3v) is 6.46. The molecule has 136 valence electrons. The predicted octanol–water partition coefficient (Wildman–Crippen LogP) is 4.15. The van der Waals surface area contributed by atoms with Gasteiger partial charge >= 0.3 is 5.97 Å². The zero-order chi connectivity index (χ0) is 18.1. The molecule has 1 atom stereocenters. The third-order valence-electron chi connectivity index (χ3n) is 5.25. The number of carbonyl (C=O) groups excluding carboxylic acids is 2. The Balaban J connectivity index is 1.48. The van der Waals surface area contributed by atoms with Gasteiger partial charge in [0.25, 0.3) is 5.91 Å². The van der Waals surface area contributed by atoms with E-state index in [0.717, 1.165) is 24.9 Å². The van der Waals surface area contributed by atoms with Crippen LogP contribution in [0.2, 0.25) is 0 Å². The van der Waals surface area contributed by atoms with Crippen molar-refractivity contribution in [3.63, 3.8) is 0 Å². The van der Waals surface area contributed by atoms with Crippen LogP contribution in [0.1, 0.15) is 51.9 Å². The first kappa shape index (κ1) is 17.3. The molecule has 2 aliphatic rings. The number of hydrogen-bond donors (Lipinski definition) is 0. The van der Waals surface area contributed by atoms with E-state index in [1.54, 1.807) is 4.90 Å². The highest BCUT2D eigenvalue weighted by Crippen LogP contribution is 2.31. The first-order valence-electron chi connectivity index (χ1n) is 9.39. The van der Waals surface area contributed by atoms with Crippen molar-refractivity contribution in [1.82, 2.24) is 0 Å². The van der Waals surface area contributed by atoms with Gasteiger partial charge in [-0.3, -0.25) is 4.79 Å². The fourth-order valence-electron chi connectivity index (χ4n) is 3.83. The van der Waals surface area contributed by atoms with Gasteiger partial charge < -0.3 is 9.64 Å². The largest absolute Gasteiger partial charge is 0.448 e. The molecule has 4 rings (SSSR count). The Morgan fingerprint density at radius 3 is 2.77 bits per heavy atom. The zero-order valence-electron chi connectivity index (χ0n) is 15.0. The van der Waals surface area contributed by atoms with E-state index in [-0.39, 0.29) is 11.9 Å². The number of rotatable bonds is 4. The second-order valence-electron chi connectivity index (χ2n) is 6.94. The van der Waals surface area contributed by atoms with Crippen molar-refractivity contribution in [1.29, 1.82) is 0 Å². The molecule has 1 aromatic carbocycles. The zero-order valence-corrected chi connectivity index (χ0v) is 15.8. The van der Waals surface area contributed by atoms with Crippen molar-refractivity contribution in [3.05, 3.63) is 51.2 Å². The lowest BCUT2D eigenvalue weighted by Crippen LogP contribution is -2.40. The summed E-state index contributed by atoms with van der Waals surface area (Å²) in [6, 6.07) is 9.90. The highest BCUT2D eigenvalue weighted by atomic mass is 32.1. The summed E-state index contributed by atoms with van der Waals surface area (Å²) in [5.41, 5.74) is 3.40. The molecule has 1 aromatic heterocycles. The minimum absolute atomic E-state index is 0.118. The SMILES string of the molecule is CCC(OC(=O)c1cc2c(s1)CCCC2)C(=O)N1CCc2ccccc21. The number of benzene rings is 1. The van der Waals surface area contributed by atoms with Crippen LogP contribution in [0.5, 0.6) is 0 Å². The average Bonchev–Trinajstić information content (AvgIpc) is 3.29. The Bertz CT molecular complexity index is 818. The van der Waals surface area contributed by atoms with Crippen molar-refractivity contribution in [2.24, 2.45) is 0 Å². The molecule has 0 saturated heterocycles. The molecular formula is C21H23NO3S. The lowest BCUT2D eigenvalue weighted by atomic mass is 9.99. The second kappa shape index (κ2) is 7.23. The normalized spacial score (nSPS) is 16.7. The lowest BCUT2D eigenvalue weighted by Gasteiger charge is -2.23. The van der Waals surface area contributed by atoms with Gasteiger partial charge in [0, 0.05) is 17.1 Å². The van der Waals surface area contributed by atoms with Gasteiger partial charge in [-0.1, -0.05) is 25.1 Å². The maximum Gasteiger partial charge on any atom is 0.349 e. The van der Waals surface area contributed by atoms with Crippen LogP contribution in [-0.4, -0.2) is 24.5 Å². The number of ether oxygens (including phenoxy) is 1. The number of esters is 1. The van der Waals surface area contributed by atoms with Crippen LogP contribution in [0.15, 0.2) is 30.3 Å². The number of nitrogens with zero attached hydrogens (tertiary/aromatic N) is 1. The lowest BCUT2D eigenvalue weighted by molar-refractivity contribution is -0.127. The van der Waals surface area contributed by atoms with Gasteiger partial charge in [0.1, 0.15) is 4.88 Å². The maximum atomic E-state index is 13.0. The fourth-order valence-corrected chi connectivity index (χ4v) is 4.96. The minimum atomic E-state index is -0.729. The quantitative estimate of drug-likeness (QED) is 0.761. The van der Waals surface area contributed by atoms with Crippen LogP contribution in [-0.2, 0) is 28.8 Å². The van der Waals surface area contributed by atoms with E-state index in [2.05, 4.69) is 0 Å². The molecule has 1 aliphatic carbocycles. The van der Waals surface area contributed by atoms with Crippen molar-refractivity contribution in [2.75, 3.05) is 11.4 Å².